The van der Waals surface area contributed by atoms with Crippen molar-refractivity contribution in [1.82, 2.24) is 0 Å². The first-order chi connectivity index (χ1) is 16.9. The molecule has 0 radical (unpaired) electrons. The molecule has 1 heterocycles. The van der Waals surface area contributed by atoms with Gasteiger partial charge in [0.2, 0.25) is 0 Å². The molecule has 4 rings (SSSR count). The summed E-state index contributed by atoms with van der Waals surface area (Å²) in [6.07, 6.45) is 1.70. The standard InChI is InChI=1S/C26H21FN2O4S2/c1-2-32-21-13-11-20(12-14-21)29-25(31)23(35-26(29)34)15-17-5-3-4-6-22(17)33-16-24(30)28-19-9-7-18(27)8-10-19/h3-15H,2,16H2,1H3,(H,28,30)/b23-15-. The molecule has 0 unspecified atom stereocenters. The lowest BCUT2D eigenvalue weighted by Gasteiger charge is -2.15. The number of benzene rings is 3. The molecule has 9 heteroatoms. The molecule has 6 nitrogen and oxygen atoms in total. The predicted molar refractivity (Wildman–Crippen MR) is 140 cm³/mol. The fourth-order valence-corrected chi connectivity index (χ4v) is 4.58. The maximum absolute atomic E-state index is 13.1. The quantitative estimate of drug-likeness (QED) is 0.313. The second-order valence-corrected chi connectivity index (χ2v) is 9.00. The number of rotatable bonds is 8. The number of ether oxygens (including phenoxy) is 2. The molecule has 0 atom stereocenters. The van der Waals surface area contributed by atoms with Crippen LogP contribution in [0.3, 0.4) is 0 Å². The number of hydrogen-bond donors (Lipinski definition) is 1. The summed E-state index contributed by atoms with van der Waals surface area (Å²) in [5.74, 6) is 0.127. The molecule has 3 aromatic carbocycles. The molecular weight excluding hydrogens is 487 g/mol. The topological polar surface area (TPSA) is 67.9 Å². The largest absolute Gasteiger partial charge is 0.494 e. The van der Waals surface area contributed by atoms with Crippen LogP contribution in [0.5, 0.6) is 11.5 Å². The fraction of sp³-hybridized carbons (Fsp3) is 0.115. The molecule has 1 aliphatic rings. The number of halogens is 1. The lowest BCUT2D eigenvalue weighted by molar-refractivity contribution is -0.118. The first kappa shape index (κ1) is 24.4. The van der Waals surface area contributed by atoms with Crippen molar-refractivity contribution in [2.75, 3.05) is 23.4 Å². The van der Waals surface area contributed by atoms with Gasteiger partial charge in [0.25, 0.3) is 11.8 Å². The third-order valence-electron chi connectivity index (χ3n) is 4.89. The molecule has 1 aliphatic heterocycles. The highest BCUT2D eigenvalue weighted by Crippen LogP contribution is 2.37. The zero-order chi connectivity index (χ0) is 24.8. The zero-order valence-electron chi connectivity index (χ0n) is 18.7. The van der Waals surface area contributed by atoms with Crippen LogP contribution in [0, 0.1) is 5.82 Å². The van der Waals surface area contributed by atoms with Gasteiger partial charge >= 0.3 is 0 Å². The van der Waals surface area contributed by atoms with Crippen molar-refractivity contribution in [2.45, 2.75) is 6.92 Å². The Bertz CT molecular complexity index is 1280. The van der Waals surface area contributed by atoms with Crippen LogP contribution in [0.25, 0.3) is 6.08 Å². The normalized spacial score (nSPS) is 14.3. The summed E-state index contributed by atoms with van der Waals surface area (Å²) in [7, 11) is 0. The Morgan fingerprint density at radius 1 is 1.06 bits per heavy atom. The molecule has 1 saturated heterocycles. The van der Waals surface area contributed by atoms with Crippen LogP contribution in [-0.2, 0) is 9.59 Å². The Morgan fingerprint density at radius 3 is 2.49 bits per heavy atom. The van der Waals surface area contributed by atoms with Gasteiger partial charge in [0.1, 0.15) is 17.3 Å². The minimum absolute atomic E-state index is 0.243. The summed E-state index contributed by atoms with van der Waals surface area (Å²) < 4.78 is 24.6. The van der Waals surface area contributed by atoms with Crippen LogP contribution in [0.4, 0.5) is 15.8 Å². The average Bonchev–Trinajstić information content (AvgIpc) is 3.13. The number of nitrogens with zero attached hydrogens (tertiary/aromatic N) is 1. The molecule has 0 saturated carbocycles. The molecule has 1 fully saturated rings. The highest BCUT2D eigenvalue weighted by molar-refractivity contribution is 8.27. The first-order valence-corrected chi connectivity index (χ1v) is 11.9. The van der Waals surface area contributed by atoms with Gasteiger partial charge in [-0.25, -0.2) is 4.39 Å². The number of para-hydroxylation sites is 1. The average molecular weight is 509 g/mol. The summed E-state index contributed by atoms with van der Waals surface area (Å²) in [6, 6.07) is 19.7. The fourth-order valence-electron chi connectivity index (χ4n) is 3.29. The molecule has 178 valence electrons. The highest BCUT2D eigenvalue weighted by atomic mass is 32.2. The Labute approximate surface area is 211 Å². The Morgan fingerprint density at radius 2 is 1.77 bits per heavy atom. The van der Waals surface area contributed by atoms with Gasteiger partial charge in [-0.05, 0) is 67.6 Å². The van der Waals surface area contributed by atoms with E-state index in [-0.39, 0.29) is 18.3 Å². The monoisotopic (exact) mass is 508 g/mol. The van der Waals surface area contributed by atoms with Gasteiger partial charge in [0.15, 0.2) is 10.9 Å². The van der Waals surface area contributed by atoms with Crippen molar-refractivity contribution in [3.05, 3.63) is 89.1 Å². The van der Waals surface area contributed by atoms with Gasteiger partial charge < -0.3 is 14.8 Å². The van der Waals surface area contributed by atoms with E-state index in [0.717, 1.165) is 0 Å². The van der Waals surface area contributed by atoms with Crippen LogP contribution in [0.2, 0.25) is 0 Å². The molecule has 2 amide bonds. The van der Waals surface area contributed by atoms with Crippen molar-refractivity contribution in [3.63, 3.8) is 0 Å². The van der Waals surface area contributed by atoms with E-state index in [4.69, 9.17) is 21.7 Å². The molecule has 1 N–H and O–H groups in total. The lowest BCUT2D eigenvalue weighted by Crippen LogP contribution is -2.27. The number of thiocarbonyl (C=S) groups is 1. The van der Waals surface area contributed by atoms with E-state index >= 15 is 0 Å². The number of hydrogen-bond acceptors (Lipinski definition) is 6. The molecule has 0 aliphatic carbocycles. The molecule has 0 aromatic heterocycles. The molecule has 0 spiro atoms. The SMILES string of the molecule is CCOc1ccc(N2C(=O)/C(=C/c3ccccc3OCC(=O)Nc3ccc(F)cc3)SC2=S)cc1. The Balaban J connectivity index is 1.46. The summed E-state index contributed by atoms with van der Waals surface area (Å²) in [5, 5.41) is 2.64. The second kappa shape index (κ2) is 11.2. The third kappa shape index (κ3) is 6.06. The minimum atomic E-state index is -0.395. The van der Waals surface area contributed by atoms with E-state index < -0.39 is 5.91 Å². The molecule has 0 bridgehead atoms. The van der Waals surface area contributed by atoms with Gasteiger partial charge in [-0.15, -0.1) is 0 Å². The van der Waals surface area contributed by atoms with Gasteiger partial charge in [-0.3, -0.25) is 14.5 Å². The smallest absolute Gasteiger partial charge is 0.270 e. The van der Waals surface area contributed by atoms with Gasteiger partial charge in [-0.2, -0.15) is 0 Å². The zero-order valence-corrected chi connectivity index (χ0v) is 20.3. The Kier molecular flexibility index (Phi) is 7.79. The first-order valence-electron chi connectivity index (χ1n) is 10.7. The van der Waals surface area contributed by atoms with E-state index in [2.05, 4.69) is 5.32 Å². The molecular formula is C26H21FN2O4S2. The molecule has 35 heavy (non-hydrogen) atoms. The molecule has 3 aromatic rings. The number of carbonyl (C=O) groups excluding carboxylic acids is 2. The predicted octanol–water partition coefficient (Wildman–Crippen LogP) is 5.65. The van der Waals surface area contributed by atoms with Crippen molar-refractivity contribution < 1.29 is 23.5 Å². The van der Waals surface area contributed by atoms with Crippen molar-refractivity contribution >= 4 is 57.6 Å². The van der Waals surface area contributed by atoms with Crippen molar-refractivity contribution in [1.29, 1.82) is 0 Å². The van der Waals surface area contributed by atoms with Crippen LogP contribution in [0.1, 0.15) is 12.5 Å². The summed E-state index contributed by atoms with van der Waals surface area (Å²) in [6.45, 7) is 2.20. The summed E-state index contributed by atoms with van der Waals surface area (Å²) in [4.78, 5) is 27.3. The third-order valence-corrected chi connectivity index (χ3v) is 6.19. The van der Waals surface area contributed by atoms with Crippen LogP contribution >= 0.6 is 24.0 Å². The van der Waals surface area contributed by atoms with Crippen molar-refractivity contribution in [2.24, 2.45) is 0 Å². The van der Waals surface area contributed by atoms with E-state index in [9.17, 15) is 14.0 Å². The highest BCUT2D eigenvalue weighted by Gasteiger charge is 2.33. The van der Waals surface area contributed by atoms with E-state index in [0.29, 0.717) is 44.3 Å². The minimum Gasteiger partial charge on any atom is -0.494 e. The summed E-state index contributed by atoms with van der Waals surface area (Å²) >= 11 is 6.65. The number of thioether (sulfide) groups is 1. The number of anilines is 2. The number of amides is 2. The Hall–Kier alpha value is -3.69. The second-order valence-electron chi connectivity index (χ2n) is 7.33. The maximum atomic E-state index is 13.1. The van der Waals surface area contributed by atoms with Gasteiger partial charge in [0, 0.05) is 11.3 Å². The van der Waals surface area contributed by atoms with Crippen LogP contribution in [0.15, 0.2) is 77.7 Å². The van der Waals surface area contributed by atoms with E-state index in [1.165, 1.54) is 40.9 Å². The van der Waals surface area contributed by atoms with E-state index in [1.807, 2.05) is 13.0 Å². The summed E-state index contributed by atoms with van der Waals surface area (Å²) in [5.41, 5.74) is 1.75. The van der Waals surface area contributed by atoms with Gasteiger partial charge in [-0.1, -0.05) is 42.2 Å². The van der Waals surface area contributed by atoms with E-state index in [1.54, 1.807) is 48.5 Å². The lowest BCUT2D eigenvalue weighted by atomic mass is 10.2. The number of carbonyl (C=O) groups is 2. The van der Waals surface area contributed by atoms with Gasteiger partial charge in [0.05, 0.1) is 17.2 Å². The van der Waals surface area contributed by atoms with Crippen LogP contribution in [-0.4, -0.2) is 29.3 Å². The maximum Gasteiger partial charge on any atom is 0.270 e. The number of nitrogens with one attached hydrogen (secondary N) is 1. The van der Waals surface area contributed by atoms with Crippen molar-refractivity contribution in [3.8, 4) is 11.5 Å². The van der Waals surface area contributed by atoms with Crippen LogP contribution < -0.4 is 19.7 Å².